The molecule has 1 aromatic carbocycles. The third-order valence-corrected chi connectivity index (χ3v) is 5.37. The van der Waals surface area contributed by atoms with Gasteiger partial charge in [0.1, 0.15) is 28.9 Å². The molecule has 156 valence electrons. The fourth-order valence-corrected chi connectivity index (χ4v) is 3.64. The first-order valence-electron chi connectivity index (χ1n) is 9.78. The van der Waals surface area contributed by atoms with Crippen molar-refractivity contribution in [2.75, 3.05) is 7.11 Å². The van der Waals surface area contributed by atoms with E-state index >= 15 is 0 Å². The SMILES string of the molecule is COc1ccc(-c2ccc(/C=C(\C#N)C(=O)N[C@@H]3CCCC[C@H]3C)o2)c([N+](=O)[O-])c1. The molecule has 0 aliphatic heterocycles. The Kier molecular flexibility index (Phi) is 6.52. The number of furan rings is 1. The fraction of sp³-hybridized carbons (Fsp3) is 0.364. The van der Waals surface area contributed by atoms with Gasteiger partial charge < -0.3 is 14.5 Å². The summed E-state index contributed by atoms with van der Waals surface area (Å²) in [6.07, 6.45) is 5.52. The lowest BCUT2D eigenvalue weighted by molar-refractivity contribution is -0.384. The maximum absolute atomic E-state index is 12.5. The van der Waals surface area contributed by atoms with Crippen LogP contribution >= 0.6 is 0 Å². The molecule has 1 saturated carbocycles. The van der Waals surface area contributed by atoms with Crippen LogP contribution in [-0.2, 0) is 4.79 Å². The summed E-state index contributed by atoms with van der Waals surface area (Å²) in [7, 11) is 1.43. The smallest absolute Gasteiger partial charge is 0.284 e. The van der Waals surface area contributed by atoms with Crippen LogP contribution in [0.3, 0.4) is 0 Å². The zero-order valence-electron chi connectivity index (χ0n) is 16.9. The summed E-state index contributed by atoms with van der Waals surface area (Å²) in [6, 6.07) is 9.54. The van der Waals surface area contributed by atoms with Crippen LogP contribution in [0.25, 0.3) is 17.4 Å². The van der Waals surface area contributed by atoms with Crippen molar-refractivity contribution in [1.29, 1.82) is 5.26 Å². The summed E-state index contributed by atoms with van der Waals surface area (Å²) in [5, 5.41) is 23.8. The van der Waals surface area contributed by atoms with Gasteiger partial charge in [0.2, 0.25) is 0 Å². The number of methoxy groups -OCH3 is 1. The van der Waals surface area contributed by atoms with E-state index < -0.39 is 10.8 Å². The van der Waals surface area contributed by atoms with E-state index in [1.165, 1.54) is 25.3 Å². The minimum atomic E-state index is -0.518. The predicted molar refractivity (Wildman–Crippen MR) is 111 cm³/mol. The van der Waals surface area contributed by atoms with E-state index in [0.717, 1.165) is 25.7 Å². The molecule has 0 bridgehead atoms. The maximum atomic E-state index is 12.5. The summed E-state index contributed by atoms with van der Waals surface area (Å²) in [5.74, 6) is 0.809. The van der Waals surface area contributed by atoms with E-state index in [1.54, 1.807) is 18.2 Å². The molecule has 8 nitrogen and oxygen atoms in total. The number of nitrogens with zero attached hydrogens (tertiary/aromatic N) is 2. The van der Waals surface area contributed by atoms with Crippen molar-refractivity contribution < 1.29 is 18.9 Å². The molecule has 1 N–H and O–H groups in total. The first-order valence-corrected chi connectivity index (χ1v) is 9.78. The van der Waals surface area contributed by atoms with Gasteiger partial charge >= 0.3 is 0 Å². The van der Waals surface area contributed by atoms with Crippen molar-refractivity contribution in [1.82, 2.24) is 5.32 Å². The van der Waals surface area contributed by atoms with Crippen LogP contribution in [-0.4, -0.2) is 24.0 Å². The molecule has 1 amide bonds. The number of amides is 1. The molecule has 0 unspecified atom stereocenters. The van der Waals surface area contributed by atoms with Crippen molar-refractivity contribution in [3.05, 3.63) is 51.8 Å². The van der Waals surface area contributed by atoms with Crippen molar-refractivity contribution in [2.24, 2.45) is 5.92 Å². The van der Waals surface area contributed by atoms with Crippen LogP contribution in [0.4, 0.5) is 5.69 Å². The molecule has 1 heterocycles. The predicted octanol–water partition coefficient (Wildman–Crippen LogP) is 4.47. The van der Waals surface area contributed by atoms with Gasteiger partial charge in [-0.15, -0.1) is 0 Å². The molecule has 0 spiro atoms. The van der Waals surface area contributed by atoms with Gasteiger partial charge in [-0.25, -0.2) is 0 Å². The minimum absolute atomic E-state index is 0.0529. The van der Waals surface area contributed by atoms with E-state index in [-0.39, 0.29) is 34.4 Å². The van der Waals surface area contributed by atoms with E-state index in [0.29, 0.717) is 11.7 Å². The van der Waals surface area contributed by atoms with Crippen LogP contribution in [0, 0.1) is 27.4 Å². The molecule has 0 saturated heterocycles. The minimum Gasteiger partial charge on any atom is -0.497 e. The van der Waals surface area contributed by atoms with Gasteiger partial charge in [-0.3, -0.25) is 14.9 Å². The van der Waals surface area contributed by atoms with Gasteiger partial charge in [-0.2, -0.15) is 5.26 Å². The van der Waals surface area contributed by atoms with Crippen molar-refractivity contribution >= 4 is 17.7 Å². The van der Waals surface area contributed by atoms with Gasteiger partial charge in [0.25, 0.3) is 11.6 Å². The molecule has 8 heteroatoms. The molecule has 3 rings (SSSR count). The average Bonchev–Trinajstić information content (AvgIpc) is 3.21. The van der Waals surface area contributed by atoms with E-state index in [1.807, 2.05) is 6.07 Å². The molecule has 1 aliphatic carbocycles. The molecule has 1 fully saturated rings. The number of nitrogens with one attached hydrogen (secondary N) is 1. The van der Waals surface area contributed by atoms with Crippen LogP contribution in [0.5, 0.6) is 5.75 Å². The standard InChI is InChI=1S/C22H23N3O5/c1-14-5-3-4-6-19(14)24-22(26)15(13-23)11-17-8-10-21(30-17)18-9-7-16(29-2)12-20(18)25(27)28/h7-12,14,19H,3-6H2,1-2H3,(H,24,26)/b15-11+/t14-,19-/m1/s1. The second-order valence-electron chi connectivity index (χ2n) is 7.35. The van der Waals surface area contributed by atoms with Gasteiger partial charge in [0, 0.05) is 12.1 Å². The Bertz CT molecular complexity index is 1020. The van der Waals surface area contributed by atoms with E-state index in [4.69, 9.17) is 9.15 Å². The van der Waals surface area contributed by atoms with Gasteiger partial charge in [-0.05, 0) is 43.0 Å². The molecule has 1 aliphatic rings. The van der Waals surface area contributed by atoms with Crippen LogP contribution in [0.1, 0.15) is 38.4 Å². The number of carbonyl (C=O) groups excluding carboxylic acids is 1. The average molecular weight is 409 g/mol. The number of nitriles is 1. The van der Waals surface area contributed by atoms with Crippen LogP contribution in [0.2, 0.25) is 0 Å². The molecular weight excluding hydrogens is 386 g/mol. The Balaban J connectivity index is 1.83. The highest BCUT2D eigenvalue weighted by molar-refractivity contribution is 6.01. The molecule has 2 aromatic rings. The monoisotopic (exact) mass is 409 g/mol. The first kappa shape index (κ1) is 21.1. The fourth-order valence-electron chi connectivity index (χ4n) is 3.64. The highest BCUT2D eigenvalue weighted by Gasteiger charge is 2.24. The number of rotatable bonds is 6. The Morgan fingerprint density at radius 2 is 2.10 bits per heavy atom. The third-order valence-electron chi connectivity index (χ3n) is 5.37. The lowest BCUT2D eigenvalue weighted by atomic mass is 9.86. The van der Waals surface area contributed by atoms with Crippen molar-refractivity contribution in [3.8, 4) is 23.1 Å². The van der Waals surface area contributed by atoms with Crippen molar-refractivity contribution in [2.45, 2.75) is 38.6 Å². The zero-order chi connectivity index (χ0) is 21.7. The summed E-state index contributed by atoms with van der Waals surface area (Å²) >= 11 is 0. The second kappa shape index (κ2) is 9.27. The number of benzene rings is 1. The van der Waals surface area contributed by atoms with Gasteiger partial charge in [0.05, 0.1) is 23.7 Å². The highest BCUT2D eigenvalue weighted by atomic mass is 16.6. The Morgan fingerprint density at radius 3 is 2.77 bits per heavy atom. The lowest BCUT2D eigenvalue weighted by Crippen LogP contribution is -2.41. The zero-order valence-corrected chi connectivity index (χ0v) is 16.9. The number of ether oxygens (including phenoxy) is 1. The number of hydrogen-bond donors (Lipinski definition) is 1. The number of nitro benzene ring substituents is 1. The van der Waals surface area contributed by atoms with Gasteiger partial charge in [-0.1, -0.05) is 19.8 Å². The highest BCUT2D eigenvalue weighted by Crippen LogP contribution is 2.34. The Hall–Kier alpha value is -3.60. The molecule has 30 heavy (non-hydrogen) atoms. The van der Waals surface area contributed by atoms with Crippen LogP contribution in [0.15, 0.2) is 40.3 Å². The van der Waals surface area contributed by atoms with Gasteiger partial charge in [0.15, 0.2) is 0 Å². The molecule has 2 atom stereocenters. The van der Waals surface area contributed by atoms with E-state index in [2.05, 4.69) is 12.2 Å². The summed E-state index contributed by atoms with van der Waals surface area (Å²) in [5.41, 5.74) is 0.0427. The molecule has 1 aromatic heterocycles. The Labute approximate surface area is 174 Å². The van der Waals surface area contributed by atoms with Crippen molar-refractivity contribution in [3.63, 3.8) is 0 Å². The summed E-state index contributed by atoms with van der Waals surface area (Å²) in [4.78, 5) is 23.4. The Morgan fingerprint density at radius 1 is 1.33 bits per heavy atom. The number of hydrogen-bond acceptors (Lipinski definition) is 6. The normalized spacial score (nSPS) is 19.0. The maximum Gasteiger partial charge on any atom is 0.284 e. The lowest BCUT2D eigenvalue weighted by Gasteiger charge is -2.29. The summed E-state index contributed by atoms with van der Waals surface area (Å²) in [6.45, 7) is 2.10. The van der Waals surface area contributed by atoms with E-state index in [9.17, 15) is 20.2 Å². The summed E-state index contributed by atoms with van der Waals surface area (Å²) < 4.78 is 10.7. The van der Waals surface area contributed by atoms with Crippen LogP contribution < -0.4 is 10.1 Å². The quantitative estimate of drug-likeness (QED) is 0.325. The molecule has 0 radical (unpaired) electrons. The largest absolute Gasteiger partial charge is 0.497 e. The molecular formula is C22H23N3O5. The second-order valence-corrected chi connectivity index (χ2v) is 7.35. The topological polar surface area (TPSA) is 118 Å². The first-order chi connectivity index (χ1) is 14.4. The number of nitro groups is 1. The number of carbonyl (C=O) groups is 1. The third kappa shape index (κ3) is 4.69.